The van der Waals surface area contributed by atoms with E-state index in [1.807, 2.05) is 0 Å². The van der Waals surface area contributed by atoms with E-state index in [2.05, 4.69) is 8.37 Å². The summed E-state index contributed by atoms with van der Waals surface area (Å²) in [5.41, 5.74) is -2.59. The Morgan fingerprint density at radius 1 is 0.871 bits per heavy atom. The van der Waals surface area contributed by atoms with Crippen molar-refractivity contribution in [1.29, 1.82) is 0 Å². The van der Waals surface area contributed by atoms with Crippen LogP contribution in [0.1, 0.15) is 0 Å². The molecule has 0 bridgehead atoms. The lowest BCUT2D eigenvalue weighted by molar-refractivity contribution is -0.395. The van der Waals surface area contributed by atoms with Crippen LogP contribution in [0.4, 0.5) is 17.1 Å². The quantitative estimate of drug-likeness (QED) is 0.202. The Morgan fingerprint density at radius 3 is 1.61 bits per heavy atom. The van der Waals surface area contributed by atoms with Crippen LogP contribution in [0.2, 0.25) is 0 Å². The summed E-state index contributed by atoms with van der Waals surface area (Å²) in [6.07, 6.45) is 1.47. The Hall–Kier alpha value is -2.45. The number of sulfonamides is 1. The maximum atomic E-state index is 11.8. The zero-order valence-corrected chi connectivity index (χ0v) is 18.5. The monoisotopic (exact) mass is 506 g/mol. The Morgan fingerprint density at radius 2 is 1.29 bits per heavy atom. The smallest absolute Gasteiger partial charge is 0.299 e. The highest BCUT2D eigenvalue weighted by molar-refractivity contribution is 7.89. The van der Waals surface area contributed by atoms with E-state index in [1.54, 1.807) is 0 Å². The maximum Gasteiger partial charge on any atom is 0.299 e. The number of hydrogen-bond donors (Lipinski definition) is 1. The summed E-state index contributed by atoms with van der Waals surface area (Å²) >= 11 is 0. The first kappa shape index (κ1) is 26.6. The van der Waals surface area contributed by atoms with Crippen molar-refractivity contribution in [3.63, 3.8) is 0 Å². The standard InChI is InChI=1S/C12H18N4O12S3/c1-29(21,22)27-5-3-14(4-6-28-30(2,23)24)9-8-12(31(13,25)26)11(16(19)20)7-10(9)15(17)18/h7-8H,3-6H2,1-2H3,(H2,13,25,26). The van der Waals surface area contributed by atoms with Gasteiger partial charge in [0.05, 0.1) is 41.6 Å². The number of primary sulfonamides is 1. The molecule has 1 aromatic carbocycles. The Kier molecular flexibility index (Phi) is 8.39. The summed E-state index contributed by atoms with van der Waals surface area (Å²) in [4.78, 5) is 20.3. The molecule has 0 aromatic heterocycles. The summed E-state index contributed by atoms with van der Waals surface area (Å²) in [5.74, 6) is 0. The van der Waals surface area contributed by atoms with Gasteiger partial charge in [0.1, 0.15) is 5.69 Å². The number of nitrogens with zero attached hydrogens (tertiary/aromatic N) is 3. The molecule has 0 aliphatic rings. The predicted molar refractivity (Wildman–Crippen MR) is 105 cm³/mol. The Balaban J connectivity index is 3.57. The Bertz CT molecular complexity index is 1140. The third-order valence-electron chi connectivity index (χ3n) is 3.41. The number of hydrogen-bond acceptors (Lipinski definition) is 13. The van der Waals surface area contributed by atoms with Crippen LogP contribution in [0.5, 0.6) is 0 Å². The second kappa shape index (κ2) is 9.78. The summed E-state index contributed by atoms with van der Waals surface area (Å²) in [7, 11) is -12.5. The number of nitrogens with two attached hydrogens (primary N) is 1. The van der Waals surface area contributed by atoms with Crippen molar-refractivity contribution in [2.24, 2.45) is 5.14 Å². The normalized spacial score (nSPS) is 12.5. The van der Waals surface area contributed by atoms with Crippen LogP contribution in [-0.2, 0) is 38.6 Å². The van der Waals surface area contributed by atoms with Gasteiger partial charge < -0.3 is 4.90 Å². The zero-order chi connectivity index (χ0) is 24.2. The molecule has 2 N–H and O–H groups in total. The average molecular weight is 506 g/mol. The van der Waals surface area contributed by atoms with Crippen LogP contribution >= 0.6 is 0 Å². The van der Waals surface area contributed by atoms with E-state index < -0.39 is 88.4 Å². The molecule has 0 radical (unpaired) electrons. The molecular formula is C12H18N4O12S3. The first-order chi connectivity index (χ1) is 13.9. The zero-order valence-electron chi connectivity index (χ0n) is 16.0. The highest BCUT2D eigenvalue weighted by atomic mass is 32.2. The molecule has 0 aliphatic heterocycles. The molecule has 19 heteroatoms. The third-order valence-corrected chi connectivity index (χ3v) is 5.54. The van der Waals surface area contributed by atoms with Gasteiger partial charge in [0.2, 0.25) is 10.0 Å². The van der Waals surface area contributed by atoms with Gasteiger partial charge in [0, 0.05) is 13.1 Å². The third kappa shape index (κ3) is 8.67. The molecule has 31 heavy (non-hydrogen) atoms. The number of nitro groups is 2. The minimum Gasteiger partial charge on any atom is -0.361 e. The van der Waals surface area contributed by atoms with Gasteiger partial charge in [-0.25, -0.2) is 13.6 Å². The Labute approximate surface area is 177 Å². The van der Waals surface area contributed by atoms with E-state index in [-0.39, 0.29) is 0 Å². The molecule has 0 fully saturated rings. The van der Waals surface area contributed by atoms with E-state index in [9.17, 15) is 45.5 Å². The largest absolute Gasteiger partial charge is 0.361 e. The van der Waals surface area contributed by atoms with Gasteiger partial charge in [0.25, 0.3) is 31.6 Å². The second-order valence-corrected chi connectivity index (χ2v) is 10.7. The van der Waals surface area contributed by atoms with E-state index in [0.29, 0.717) is 12.1 Å². The van der Waals surface area contributed by atoms with Gasteiger partial charge in [-0.05, 0) is 6.07 Å². The minimum atomic E-state index is -4.71. The SMILES string of the molecule is CS(=O)(=O)OCCN(CCOS(C)(=O)=O)c1cc(S(N)(=O)=O)c([N+](=O)[O-])cc1[N+](=O)[O-]. The highest BCUT2D eigenvalue weighted by Gasteiger charge is 2.32. The molecule has 1 aromatic rings. The van der Waals surface area contributed by atoms with Crippen LogP contribution in [0.25, 0.3) is 0 Å². The second-order valence-electron chi connectivity index (χ2n) is 5.91. The van der Waals surface area contributed by atoms with Crippen molar-refractivity contribution in [1.82, 2.24) is 0 Å². The molecular weight excluding hydrogens is 488 g/mol. The lowest BCUT2D eigenvalue weighted by atomic mass is 10.2. The van der Waals surface area contributed by atoms with Crippen LogP contribution in [0.3, 0.4) is 0 Å². The lowest BCUT2D eigenvalue weighted by Crippen LogP contribution is -2.33. The van der Waals surface area contributed by atoms with Gasteiger partial charge in [0.15, 0.2) is 4.90 Å². The van der Waals surface area contributed by atoms with E-state index in [4.69, 9.17) is 5.14 Å². The summed E-state index contributed by atoms with van der Waals surface area (Å²) < 4.78 is 77.2. The number of benzene rings is 1. The van der Waals surface area contributed by atoms with Crippen LogP contribution in [-0.4, -0.2) is 73.9 Å². The summed E-state index contributed by atoms with van der Waals surface area (Å²) in [6.45, 7) is -2.00. The van der Waals surface area contributed by atoms with Crippen molar-refractivity contribution in [3.8, 4) is 0 Å². The van der Waals surface area contributed by atoms with Crippen LogP contribution in [0, 0.1) is 20.2 Å². The van der Waals surface area contributed by atoms with Gasteiger partial charge >= 0.3 is 0 Å². The maximum absolute atomic E-state index is 11.8. The number of rotatable bonds is 12. The first-order valence-corrected chi connectivity index (χ1v) is 13.0. The molecule has 0 atom stereocenters. The first-order valence-electron chi connectivity index (χ1n) is 7.86. The highest BCUT2D eigenvalue weighted by Crippen LogP contribution is 2.37. The van der Waals surface area contributed by atoms with Gasteiger partial charge in [-0.3, -0.25) is 28.6 Å². The molecule has 176 valence electrons. The molecule has 0 saturated carbocycles. The molecule has 1 rings (SSSR count). The van der Waals surface area contributed by atoms with Crippen molar-refractivity contribution in [2.75, 3.05) is 43.7 Å². The van der Waals surface area contributed by atoms with Crippen molar-refractivity contribution in [2.45, 2.75) is 4.90 Å². The fraction of sp³-hybridized carbons (Fsp3) is 0.500. The molecule has 0 unspecified atom stereocenters. The van der Waals surface area contributed by atoms with Gasteiger partial charge in [-0.15, -0.1) is 0 Å². The molecule has 0 spiro atoms. The van der Waals surface area contributed by atoms with E-state index >= 15 is 0 Å². The average Bonchev–Trinajstić information content (AvgIpc) is 2.56. The fourth-order valence-corrected chi connectivity index (χ4v) is 3.72. The fourth-order valence-electron chi connectivity index (χ4n) is 2.27. The minimum absolute atomic E-state index is 0.372. The number of anilines is 1. The van der Waals surface area contributed by atoms with Crippen molar-refractivity contribution in [3.05, 3.63) is 32.4 Å². The van der Waals surface area contributed by atoms with Crippen molar-refractivity contribution < 1.29 is 43.5 Å². The van der Waals surface area contributed by atoms with Gasteiger partial charge in [-0.1, -0.05) is 0 Å². The van der Waals surface area contributed by atoms with Gasteiger partial charge in [-0.2, -0.15) is 16.8 Å². The molecule has 0 amide bonds. The van der Waals surface area contributed by atoms with Crippen LogP contribution in [0.15, 0.2) is 17.0 Å². The van der Waals surface area contributed by atoms with E-state index in [1.165, 1.54) is 0 Å². The summed E-state index contributed by atoms with van der Waals surface area (Å²) in [6, 6.07) is 0.934. The molecule has 16 nitrogen and oxygen atoms in total. The van der Waals surface area contributed by atoms with E-state index in [0.717, 1.165) is 17.4 Å². The van der Waals surface area contributed by atoms with Crippen LogP contribution < -0.4 is 10.0 Å². The predicted octanol–water partition coefficient (Wildman–Crippen LogP) is -1.09. The lowest BCUT2D eigenvalue weighted by Gasteiger charge is -2.24. The summed E-state index contributed by atoms with van der Waals surface area (Å²) in [5, 5.41) is 27.6. The molecule has 0 saturated heterocycles. The topological polar surface area (TPSA) is 236 Å². The molecule has 0 heterocycles. The molecule has 0 aliphatic carbocycles. The van der Waals surface area contributed by atoms with Crippen molar-refractivity contribution >= 4 is 47.3 Å². The number of nitro benzene ring substituents is 2.